The Morgan fingerprint density at radius 1 is 1.25 bits per heavy atom. The zero-order chi connectivity index (χ0) is 17.3. The highest BCUT2D eigenvalue weighted by molar-refractivity contribution is 7.86. The fourth-order valence-electron chi connectivity index (χ4n) is 2.83. The van der Waals surface area contributed by atoms with E-state index in [1.54, 1.807) is 32.7 Å². The van der Waals surface area contributed by atoms with E-state index in [1.165, 1.54) is 8.61 Å². The lowest BCUT2D eigenvalue weighted by Gasteiger charge is -2.20. The Morgan fingerprint density at radius 2 is 2.04 bits per heavy atom. The minimum Gasteiger partial charge on any atom is -0.341 e. The van der Waals surface area contributed by atoms with Gasteiger partial charge in [-0.15, -0.1) is 0 Å². The van der Waals surface area contributed by atoms with Gasteiger partial charge in [0.2, 0.25) is 0 Å². The van der Waals surface area contributed by atoms with E-state index in [1.807, 2.05) is 6.92 Å². The molecule has 0 saturated carbocycles. The Hall–Kier alpha value is -1.84. The Bertz CT molecular complexity index is 800. The summed E-state index contributed by atoms with van der Waals surface area (Å²) in [7, 11) is -0.207. The highest BCUT2D eigenvalue weighted by Gasteiger charge is 2.32. The molecule has 1 saturated heterocycles. The van der Waals surface area contributed by atoms with E-state index in [9.17, 15) is 8.42 Å². The van der Waals surface area contributed by atoms with E-state index in [4.69, 9.17) is 0 Å². The predicted octanol–water partition coefficient (Wildman–Crippen LogP) is 0.846. The van der Waals surface area contributed by atoms with Crippen molar-refractivity contribution in [3.63, 3.8) is 0 Å². The van der Waals surface area contributed by atoms with E-state index in [2.05, 4.69) is 19.9 Å². The molecule has 1 atom stereocenters. The molecule has 0 aromatic carbocycles. The summed E-state index contributed by atoms with van der Waals surface area (Å²) in [5.74, 6) is 0.974. The van der Waals surface area contributed by atoms with Crippen LogP contribution in [0.5, 0.6) is 0 Å². The number of nitrogens with zero attached hydrogens (tertiary/aromatic N) is 5. The number of rotatable bonds is 5. The van der Waals surface area contributed by atoms with Crippen molar-refractivity contribution in [1.29, 1.82) is 0 Å². The molecule has 8 nitrogen and oxygen atoms in total. The van der Waals surface area contributed by atoms with Gasteiger partial charge in [-0.2, -0.15) is 17.0 Å². The van der Waals surface area contributed by atoms with Crippen LogP contribution in [0.3, 0.4) is 0 Å². The Kier molecular flexibility index (Phi) is 4.66. The lowest BCUT2D eigenvalue weighted by atomic mass is 10.0. The van der Waals surface area contributed by atoms with Gasteiger partial charge in [0.25, 0.3) is 10.2 Å². The maximum Gasteiger partial charge on any atom is 0.281 e. The van der Waals surface area contributed by atoms with E-state index in [0.717, 1.165) is 24.2 Å². The molecule has 130 valence electrons. The second kappa shape index (κ2) is 6.58. The molecule has 2 aromatic heterocycles. The zero-order valence-electron chi connectivity index (χ0n) is 14.1. The highest BCUT2D eigenvalue weighted by Crippen LogP contribution is 2.23. The average molecular weight is 350 g/mol. The van der Waals surface area contributed by atoms with Gasteiger partial charge < -0.3 is 4.98 Å². The molecular weight excluding hydrogens is 328 g/mol. The molecule has 0 amide bonds. The molecular formula is C15H22N6O2S. The molecule has 3 heterocycles. The number of imidazole rings is 1. The summed E-state index contributed by atoms with van der Waals surface area (Å²) in [6.07, 6.45) is 6.77. The molecule has 0 bridgehead atoms. The second-order valence-electron chi connectivity index (χ2n) is 6.31. The van der Waals surface area contributed by atoms with Crippen molar-refractivity contribution in [2.24, 2.45) is 5.92 Å². The van der Waals surface area contributed by atoms with Crippen LogP contribution in [0, 0.1) is 12.8 Å². The van der Waals surface area contributed by atoms with Gasteiger partial charge in [0.05, 0.1) is 11.9 Å². The number of hydrogen-bond acceptors (Lipinski definition) is 5. The smallest absolute Gasteiger partial charge is 0.281 e. The zero-order valence-corrected chi connectivity index (χ0v) is 14.9. The summed E-state index contributed by atoms with van der Waals surface area (Å²) in [6, 6.07) is 0. The first-order valence-electron chi connectivity index (χ1n) is 7.87. The molecule has 1 N–H and O–H groups in total. The van der Waals surface area contributed by atoms with Gasteiger partial charge in [-0.05, 0) is 25.7 Å². The standard InChI is InChI=1S/C15H22N6O2S/c1-11-7-18-15(19-11)14-9-16-13(8-17-14)6-12-4-5-21(10-12)24(22,23)20(2)3/h7-9,12H,4-6,10H2,1-3H3,(H,18,19). The minimum atomic E-state index is -3.32. The third kappa shape index (κ3) is 3.47. The maximum absolute atomic E-state index is 12.1. The van der Waals surface area contributed by atoms with Gasteiger partial charge in [-0.3, -0.25) is 4.98 Å². The highest BCUT2D eigenvalue weighted by atomic mass is 32.2. The van der Waals surface area contributed by atoms with Crippen LogP contribution in [0.2, 0.25) is 0 Å². The molecule has 0 radical (unpaired) electrons. The van der Waals surface area contributed by atoms with Crippen molar-refractivity contribution in [2.75, 3.05) is 27.2 Å². The van der Waals surface area contributed by atoms with Gasteiger partial charge in [0.1, 0.15) is 5.69 Å². The molecule has 3 rings (SSSR count). The van der Waals surface area contributed by atoms with Crippen LogP contribution in [0.1, 0.15) is 17.8 Å². The quantitative estimate of drug-likeness (QED) is 0.862. The Balaban J connectivity index is 1.63. The first kappa shape index (κ1) is 17.0. The molecule has 0 spiro atoms. The van der Waals surface area contributed by atoms with Crippen LogP contribution in [-0.4, -0.2) is 64.1 Å². The lowest BCUT2D eigenvalue weighted by Crippen LogP contribution is -2.38. The predicted molar refractivity (Wildman–Crippen MR) is 90.3 cm³/mol. The second-order valence-corrected chi connectivity index (χ2v) is 8.46. The van der Waals surface area contributed by atoms with Crippen LogP contribution in [0.15, 0.2) is 18.6 Å². The van der Waals surface area contributed by atoms with Gasteiger partial charge >= 0.3 is 0 Å². The van der Waals surface area contributed by atoms with Gasteiger partial charge in [0, 0.05) is 45.3 Å². The summed E-state index contributed by atoms with van der Waals surface area (Å²) >= 11 is 0. The van der Waals surface area contributed by atoms with Crippen molar-refractivity contribution in [3.8, 4) is 11.5 Å². The van der Waals surface area contributed by atoms with Crippen LogP contribution >= 0.6 is 0 Å². The number of aryl methyl sites for hydroxylation is 1. The monoisotopic (exact) mass is 350 g/mol. The Labute approximate surface area is 142 Å². The van der Waals surface area contributed by atoms with E-state index >= 15 is 0 Å². The van der Waals surface area contributed by atoms with Gasteiger partial charge in [-0.1, -0.05) is 0 Å². The summed E-state index contributed by atoms with van der Waals surface area (Å²) in [5, 5.41) is 0. The maximum atomic E-state index is 12.1. The van der Waals surface area contributed by atoms with Crippen LogP contribution in [-0.2, 0) is 16.6 Å². The molecule has 2 aromatic rings. The van der Waals surface area contributed by atoms with Crippen LogP contribution in [0.4, 0.5) is 0 Å². The first-order valence-corrected chi connectivity index (χ1v) is 9.26. The third-order valence-corrected chi connectivity index (χ3v) is 6.09. The molecule has 1 aliphatic rings. The summed E-state index contributed by atoms with van der Waals surface area (Å²) in [6.45, 7) is 3.02. The number of aromatic nitrogens is 4. The molecule has 9 heteroatoms. The van der Waals surface area contributed by atoms with Gasteiger partial charge in [0.15, 0.2) is 5.82 Å². The fourth-order valence-corrected chi connectivity index (χ4v) is 4.02. The SMILES string of the molecule is Cc1cnc(-c2cnc(CC3CCN(S(=O)(=O)N(C)C)C3)cn2)[nH]1. The van der Waals surface area contributed by atoms with Crippen LogP contribution in [0.25, 0.3) is 11.5 Å². The minimum absolute atomic E-state index is 0.269. The van der Waals surface area contributed by atoms with Crippen LogP contribution < -0.4 is 0 Å². The largest absolute Gasteiger partial charge is 0.341 e. The van der Waals surface area contributed by atoms with E-state index in [-0.39, 0.29) is 5.92 Å². The molecule has 1 fully saturated rings. The summed E-state index contributed by atoms with van der Waals surface area (Å²) in [5.41, 5.74) is 2.55. The first-order chi connectivity index (χ1) is 11.4. The van der Waals surface area contributed by atoms with Crippen molar-refractivity contribution in [3.05, 3.63) is 30.0 Å². The molecule has 24 heavy (non-hydrogen) atoms. The molecule has 1 unspecified atom stereocenters. The number of nitrogens with one attached hydrogen (secondary N) is 1. The normalized spacial score (nSPS) is 19.2. The van der Waals surface area contributed by atoms with Crippen molar-refractivity contribution in [2.45, 2.75) is 19.8 Å². The van der Waals surface area contributed by atoms with Crippen molar-refractivity contribution in [1.82, 2.24) is 28.5 Å². The Morgan fingerprint density at radius 3 is 2.62 bits per heavy atom. The number of hydrogen-bond donors (Lipinski definition) is 1. The summed E-state index contributed by atoms with van der Waals surface area (Å²) in [4.78, 5) is 16.2. The average Bonchev–Trinajstić information content (AvgIpc) is 3.17. The number of aromatic amines is 1. The third-order valence-electron chi connectivity index (χ3n) is 4.18. The lowest BCUT2D eigenvalue weighted by molar-refractivity contribution is 0.409. The number of H-pyrrole nitrogens is 1. The summed E-state index contributed by atoms with van der Waals surface area (Å²) < 4.78 is 27.1. The molecule has 1 aliphatic heterocycles. The van der Waals surface area contributed by atoms with Crippen molar-refractivity contribution >= 4 is 10.2 Å². The van der Waals surface area contributed by atoms with Crippen molar-refractivity contribution < 1.29 is 8.42 Å². The van der Waals surface area contributed by atoms with Gasteiger partial charge in [-0.25, -0.2) is 9.97 Å². The van der Waals surface area contributed by atoms with E-state index < -0.39 is 10.2 Å². The molecule has 0 aliphatic carbocycles. The fraction of sp³-hybridized carbons (Fsp3) is 0.533. The van der Waals surface area contributed by atoms with E-state index in [0.29, 0.717) is 24.6 Å². The topological polar surface area (TPSA) is 95.1 Å².